The van der Waals surface area contributed by atoms with Gasteiger partial charge < -0.3 is 9.88 Å². The summed E-state index contributed by atoms with van der Waals surface area (Å²) in [6, 6.07) is 20.3. The number of para-hydroxylation sites is 1. The molecule has 0 saturated heterocycles. The largest absolute Gasteiger partial charge is 0.380 e. The highest BCUT2D eigenvalue weighted by Gasteiger charge is 2.05. The number of benzene rings is 2. The Kier molecular flexibility index (Phi) is 4.31. The Labute approximate surface area is 151 Å². The number of hydrogen-bond acceptors (Lipinski definition) is 4. The number of hydrogen-bond donors (Lipinski definition) is 1. The molecule has 0 aliphatic heterocycles. The first-order valence-electron chi connectivity index (χ1n) is 8.39. The normalized spacial score (nSPS) is 10.6. The van der Waals surface area contributed by atoms with E-state index >= 15 is 0 Å². The summed E-state index contributed by atoms with van der Waals surface area (Å²) in [5.41, 5.74) is 4.58. The Bertz CT molecular complexity index is 1060. The number of nitrogens with one attached hydrogen (secondary N) is 1. The number of imidazole rings is 1. The molecule has 0 spiro atoms. The van der Waals surface area contributed by atoms with Crippen LogP contribution in [0.15, 0.2) is 73.3 Å². The molecular formula is C21H17N5. The van der Waals surface area contributed by atoms with E-state index in [4.69, 9.17) is 0 Å². The molecule has 4 aromatic rings. The molecule has 0 bridgehead atoms. The van der Waals surface area contributed by atoms with Gasteiger partial charge in [0.05, 0.1) is 11.8 Å². The monoisotopic (exact) mass is 339 g/mol. The molecule has 126 valence electrons. The van der Waals surface area contributed by atoms with E-state index in [9.17, 15) is 5.26 Å². The molecule has 0 aliphatic carbocycles. The van der Waals surface area contributed by atoms with Gasteiger partial charge in [-0.1, -0.05) is 42.5 Å². The summed E-state index contributed by atoms with van der Waals surface area (Å²) in [6.45, 7) is 1.50. The molecule has 1 N–H and O–H groups in total. The molecule has 2 heterocycles. The summed E-state index contributed by atoms with van der Waals surface area (Å²) in [5.74, 6) is 0. The van der Waals surface area contributed by atoms with Gasteiger partial charge in [0.2, 0.25) is 0 Å². The number of fused-ring (bicyclic) bond motifs is 1. The molecule has 2 aromatic heterocycles. The third-order valence-corrected chi connectivity index (χ3v) is 4.26. The minimum atomic E-state index is 0.418. The van der Waals surface area contributed by atoms with Gasteiger partial charge in [0.25, 0.3) is 0 Å². The molecule has 26 heavy (non-hydrogen) atoms. The van der Waals surface area contributed by atoms with Crippen LogP contribution in [-0.4, -0.2) is 14.5 Å². The molecule has 0 aliphatic rings. The maximum absolute atomic E-state index is 9.20. The van der Waals surface area contributed by atoms with E-state index in [1.54, 1.807) is 12.3 Å². The lowest BCUT2D eigenvalue weighted by Crippen LogP contribution is -2.02. The highest BCUT2D eigenvalue weighted by atomic mass is 15.0. The Morgan fingerprint density at radius 1 is 1.04 bits per heavy atom. The van der Waals surface area contributed by atoms with E-state index in [1.807, 2.05) is 41.4 Å². The van der Waals surface area contributed by atoms with Crippen molar-refractivity contribution >= 4 is 16.6 Å². The number of pyridine rings is 1. The average molecular weight is 339 g/mol. The minimum Gasteiger partial charge on any atom is -0.380 e. The highest BCUT2D eigenvalue weighted by Crippen LogP contribution is 2.23. The lowest BCUT2D eigenvalue weighted by Gasteiger charge is -2.11. The molecule has 0 atom stereocenters. The fraction of sp³-hybridized carbons (Fsp3) is 0.0952. The van der Waals surface area contributed by atoms with Gasteiger partial charge in [0.1, 0.15) is 11.8 Å². The Hall–Kier alpha value is -3.65. The Morgan fingerprint density at radius 3 is 2.62 bits per heavy atom. The van der Waals surface area contributed by atoms with Crippen molar-refractivity contribution in [1.82, 2.24) is 14.5 Å². The summed E-state index contributed by atoms with van der Waals surface area (Å²) in [4.78, 5) is 8.41. The van der Waals surface area contributed by atoms with E-state index < -0.39 is 0 Å². The molecule has 2 aromatic carbocycles. The van der Waals surface area contributed by atoms with Crippen LogP contribution in [0, 0.1) is 11.3 Å². The predicted molar refractivity (Wildman–Crippen MR) is 102 cm³/mol. The molecule has 5 nitrogen and oxygen atoms in total. The van der Waals surface area contributed by atoms with Crippen LogP contribution in [0.4, 0.5) is 5.69 Å². The van der Waals surface area contributed by atoms with Crippen LogP contribution in [0.25, 0.3) is 10.9 Å². The van der Waals surface area contributed by atoms with Crippen LogP contribution in [0.3, 0.4) is 0 Å². The van der Waals surface area contributed by atoms with Crippen molar-refractivity contribution in [3.8, 4) is 6.07 Å². The van der Waals surface area contributed by atoms with Crippen molar-refractivity contribution in [2.45, 2.75) is 13.1 Å². The number of nitrogens with zero attached hydrogens (tertiary/aromatic N) is 4. The first kappa shape index (κ1) is 15.9. The number of rotatable bonds is 5. The zero-order valence-electron chi connectivity index (χ0n) is 14.1. The highest BCUT2D eigenvalue weighted by molar-refractivity contribution is 5.91. The van der Waals surface area contributed by atoms with Gasteiger partial charge in [0.15, 0.2) is 0 Å². The van der Waals surface area contributed by atoms with Crippen molar-refractivity contribution in [2.24, 2.45) is 0 Å². The average Bonchev–Trinajstić information content (AvgIpc) is 3.20. The third-order valence-electron chi connectivity index (χ3n) is 4.26. The van der Waals surface area contributed by atoms with E-state index in [1.165, 1.54) is 11.1 Å². The molecule has 5 heteroatoms. The molecule has 0 fully saturated rings. The Balaban J connectivity index is 1.50. The van der Waals surface area contributed by atoms with Crippen molar-refractivity contribution < 1.29 is 0 Å². The summed E-state index contributed by atoms with van der Waals surface area (Å²) in [7, 11) is 0. The fourth-order valence-corrected chi connectivity index (χ4v) is 2.93. The maximum atomic E-state index is 9.20. The van der Waals surface area contributed by atoms with E-state index in [0.29, 0.717) is 12.2 Å². The molecule has 0 unspecified atom stereocenters. The van der Waals surface area contributed by atoms with E-state index in [2.05, 4.69) is 45.6 Å². The zero-order chi connectivity index (χ0) is 17.8. The standard InChI is InChI=1S/C21H17N5/c22-12-18-11-21(19-3-1-2-4-20(19)25-18)24-13-16-5-7-17(8-6-16)14-26-10-9-23-15-26/h1-11,15H,13-14H2,(H,24,25). The van der Waals surface area contributed by atoms with Gasteiger partial charge in [-0.3, -0.25) is 0 Å². The number of nitriles is 1. The topological polar surface area (TPSA) is 66.5 Å². The second-order valence-electron chi connectivity index (χ2n) is 6.09. The van der Waals surface area contributed by atoms with Crippen molar-refractivity contribution in [3.05, 3.63) is 90.1 Å². The van der Waals surface area contributed by atoms with Crippen LogP contribution in [0.2, 0.25) is 0 Å². The summed E-state index contributed by atoms with van der Waals surface area (Å²) >= 11 is 0. The molecule has 0 radical (unpaired) electrons. The first-order chi connectivity index (χ1) is 12.8. The van der Waals surface area contributed by atoms with Gasteiger partial charge in [0, 0.05) is 36.6 Å². The maximum Gasteiger partial charge on any atom is 0.143 e. The lowest BCUT2D eigenvalue weighted by atomic mass is 10.1. The number of aromatic nitrogens is 3. The fourth-order valence-electron chi connectivity index (χ4n) is 2.93. The van der Waals surface area contributed by atoms with Gasteiger partial charge in [-0.15, -0.1) is 0 Å². The van der Waals surface area contributed by atoms with Crippen molar-refractivity contribution in [3.63, 3.8) is 0 Å². The van der Waals surface area contributed by atoms with Crippen molar-refractivity contribution in [2.75, 3.05) is 5.32 Å². The van der Waals surface area contributed by atoms with Crippen LogP contribution in [0.5, 0.6) is 0 Å². The van der Waals surface area contributed by atoms with Crippen LogP contribution < -0.4 is 5.32 Å². The second kappa shape index (κ2) is 7.08. The van der Waals surface area contributed by atoms with Crippen LogP contribution in [0.1, 0.15) is 16.8 Å². The first-order valence-corrected chi connectivity index (χ1v) is 8.39. The minimum absolute atomic E-state index is 0.418. The summed E-state index contributed by atoms with van der Waals surface area (Å²) < 4.78 is 2.04. The van der Waals surface area contributed by atoms with Crippen LogP contribution >= 0.6 is 0 Å². The summed E-state index contributed by atoms with van der Waals surface area (Å²) in [5, 5.41) is 13.7. The van der Waals surface area contributed by atoms with Gasteiger partial charge in [-0.2, -0.15) is 5.26 Å². The molecule has 0 saturated carbocycles. The van der Waals surface area contributed by atoms with E-state index in [-0.39, 0.29) is 0 Å². The zero-order valence-corrected chi connectivity index (χ0v) is 14.1. The SMILES string of the molecule is N#Cc1cc(NCc2ccc(Cn3ccnc3)cc2)c2ccccc2n1. The molecule has 0 amide bonds. The smallest absolute Gasteiger partial charge is 0.143 e. The van der Waals surface area contributed by atoms with E-state index in [0.717, 1.165) is 23.1 Å². The van der Waals surface area contributed by atoms with Gasteiger partial charge in [-0.25, -0.2) is 9.97 Å². The van der Waals surface area contributed by atoms with Crippen LogP contribution in [-0.2, 0) is 13.1 Å². The van der Waals surface area contributed by atoms with Gasteiger partial charge in [-0.05, 0) is 23.3 Å². The third kappa shape index (κ3) is 3.40. The van der Waals surface area contributed by atoms with Crippen molar-refractivity contribution in [1.29, 1.82) is 5.26 Å². The quantitative estimate of drug-likeness (QED) is 0.597. The molecular weight excluding hydrogens is 322 g/mol. The summed E-state index contributed by atoms with van der Waals surface area (Å²) in [6.07, 6.45) is 5.56. The lowest BCUT2D eigenvalue weighted by molar-refractivity contribution is 0.797. The Morgan fingerprint density at radius 2 is 1.85 bits per heavy atom. The predicted octanol–water partition coefficient (Wildman–Crippen LogP) is 3.96. The second-order valence-corrected chi connectivity index (χ2v) is 6.09. The molecule has 4 rings (SSSR count). The van der Waals surface area contributed by atoms with Gasteiger partial charge >= 0.3 is 0 Å². The number of anilines is 1.